The van der Waals surface area contributed by atoms with Gasteiger partial charge in [0.2, 0.25) is 11.8 Å². The lowest BCUT2D eigenvalue weighted by molar-refractivity contribution is -0.143. The van der Waals surface area contributed by atoms with Gasteiger partial charge in [0.25, 0.3) is 0 Å². The lowest BCUT2D eigenvalue weighted by atomic mass is 10.1. The van der Waals surface area contributed by atoms with Gasteiger partial charge >= 0.3 is 0 Å². The van der Waals surface area contributed by atoms with Gasteiger partial charge in [-0.3, -0.25) is 9.59 Å². The van der Waals surface area contributed by atoms with E-state index in [0.717, 1.165) is 44.5 Å². The number of likely N-dealkylation sites (tertiary alicyclic amines) is 1. The second-order valence-corrected chi connectivity index (χ2v) is 7.58. The van der Waals surface area contributed by atoms with Crippen molar-refractivity contribution in [2.75, 3.05) is 31.1 Å². The van der Waals surface area contributed by atoms with Crippen molar-refractivity contribution in [2.45, 2.75) is 50.6 Å². The van der Waals surface area contributed by atoms with Gasteiger partial charge in [0.1, 0.15) is 11.9 Å². The van der Waals surface area contributed by atoms with Gasteiger partial charge < -0.3 is 14.7 Å². The average Bonchev–Trinajstić information content (AvgIpc) is 3.31. The molecule has 2 amide bonds. The van der Waals surface area contributed by atoms with Crippen LogP contribution < -0.4 is 4.90 Å². The van der Waals surface area contributed by atoms with Crippen LogP contribution in [0.1, 0.15) is 38.5 Å². The molecule has 1 aromatic carbocycles. The summed E-state index contributed by atoms with van der Waals surface area (Å²) in [7, 11) is 0. The smallest absolute Gasteiger partial charge is 0.245 e. The monoisotopic (exact) mass is 359 g/mol. The topological polar surface area (TPSA) is 43.9 Å². The molecule has 6 heteroatoms. The van der Waals surface area contributed by atoms with Crippen LogP contribution in [0.4, 0.5) is 10.1 Å². The molecule has 4 rings (SSSR count). The fraction of sp³-hybridized carbons (Fsp3) is 0.600. The van der Waals surface area contributed by atoms with Crippen molar-refractivity contribution in [3.8, 4) is 0 Å². The Morgan fingerprint density at radius 1 is 0.962 bits per heavy atom. The number of piperazine rings is 1. The van der Waals surface area contributed by atoms with E-state index >= 15 is 0 Å². The molecule has 0 aromatic heterocycles. The zero-order valence-corrected chi connectivity index (χ0v) is 15.1. The number of carbonyl (C=O) groups is 2. The molecule has 1 saturated carbocycles. The Balaban J connectivity index is 1.38. The van der Waals surface area contributed by atoms with Gasteiger partial charge in [-0.05, 0) is 43.5 Å². The summed E-state index contributed by atoms with van der Waals surface area (Å²) in [4.78, 5) is 31.4. The molecular formula is C20H26FN3O2. The third-order valence-corrected chi connectivity index (χ3v) is 6.04. The first-order valence-corrected chi connectivity index (χ1v) is 9.74. The number of benzene rings is 1. The van der Waals surface area contributed by atoms with Crippen LogP contribution >= 0.6 is 0 Å². The van der Waals surface area contributed by atoms with Crippen LogP contribution in [-0.2, 0) is 9.59 Å². The summed E-state index contributed by atoms with van der Waals surface area (Å²) in [5.41, 5.74) is 0.988. The Bertz CT molecular complexity index is 664. The van der Waals surface area contributed by atoms with Crippen molar-refractivity contribution in [3.63, 3.8) is 0 Å². The lowest BCUT2D eigenvalue weighted by Gasteiger charge is -2.39. The van der Waals surface area contributed by atoms with Crippen molar-refractivity contribution in [1.29, 1.82) is 0 Å². The standard InChI is InChI=1S/C20H26FN3O2/c21-15-5-7-16(8-6-15)22-11-13-23(14-12-22)20(26)18-9-10-19(25)24(18)17-3-1-2-4-17/h5-8,17-18H,1-4,9-14H2/t18-/m1/s1. The fourth-order valence-electron chi connectivity index (χ4n) is 4.63. The fourth-order valence-corrected chi connectivity index (χ4v) is 4.63. The summed E-state index contributed by atoms with van der Waals surface area (Å²) in [6.07, 6.45) is 5.55. The van der Waals surface area contributed by atoms with Crippen LogP contribution in [0.5, 0.6) is 0 Å². The molecule has 0 unspecified atom stereocenters. The highest BCUT2D eigenvalue weighted by Crippen LogP contribution is 2.32. The number of halogens is 1. The van der Waals surface area contributed by atoms with Crippen LogP contribution in [0, 0.1) is 5.82 Å². The maximum absolute atomic E-state index is 13.1. The molecule has 2 aliphatic heterocycles. The number of hydrogen-bond donors (Lipinski definition) is 0. The van der Waals surface area contributed by atoms with Crippen molar-refractivity contribution >= 4 is 17.5 Å². The van der Waals surface area contributed by atoms with Crippen LogP contribution in [0.3, 0.4) is 0 Å². The third-order valence-electron chi connectivity index (χ3n) is 6.04. The first-order valence-electron chi connectivity index (χ1n) is 9.74. The Kier molecular flexibility index (Phi) is 4.83. The zero-order chi connectivity index (χ0) is 18.1. The Morgan fingerprint density at radius 3 is 2.27 bits per heavy atom. The first kappa shape index (κ1) is 17.3. The highest BCUT2D eigenvalue weighted by Gasteiger charge is 2.42. The maximum Gasteiger partial charge on any atom is 0.245 e. The number of hydrogen-bond acceptors (Lipinski definition) is 3. The van der Waals surface area contributed by atoms with Crippen molar-refractivity contribution in [1.82, 2.24) is 9.80 Å². The minimum Gasteiger partial charge on any atom is -0.368 e. The molecule has 140 valence electrons. The van der Waals surface area contributed by atoms with Gasteiger partial charge in [-0.25, -0.2) is 4.39 Å². The van der Waals surface area contributed by atoms with E-state index in [-0.39, 0.29) is 29.7 Å². The zero-order valence-electron chi connectivity index (χ0n) is 15.1. The SMILES string of the molecule is O=C([C@H]1CCC(=O)N1C1CCCC1)N1CCN(c2ccc(F)cc2)CC1. The molecular weight excluding hydrogens is 333 g/mol. The summed E-state index contributed by atoms with van der Waals surface area (Å²) in [5.74, 6) is 0.0298. The number of nitrogens with zero attached hydrogens (tertiary/aromatic N) is 3. The minimum atomic E-state index is -0.261. The largest absolute Gasteiger partial charge is 0.368 e. The van der Waals surface area contributed by atoms with E-state index in [1.54, 1.807) is 12.1 Å². The van der Waals surface area contributed by atoms with Gasteiger partial charge in [-0.1, -0.05) is 12.8 Å². The Labute approximate surface area is 153 Å². The molecule has 1 aliphatic carbocycles. The van der Waals surface area contributed by atoms with Gasteiger partial charge in [0.15, 0.2) is 0 Å². The molecule has 0 spiro atoms. The van der Waals surface area contributed by atoms with E-state index in [2.05, 4.69) is 4.90 Å². The molecule has 3 aliphatic rings. The Morgan fingerprint density at radius 2 is 1.62 bits per heavy atom. The van der Waals surface area contributed by atoms with Crippen molar-refractivity contribution in [3.05, 3.63) is 30.1 Å². The van der Waals surface area contributed by atoms with Gasteiger partial charge in [0.05, 0.1) is 0 Å². The quantitative estimate of drug-likeness (QED) is 0.832. The number of anilines is 1. The highest BCUT2D eigenvalue weighted by molar-refractivity contribution is 5.91. The molecule has 26 heavy (non-hydrogen) atoms. The number of carbonyl (C=O) groups excluding carboxylic acids is 2. The molecule has 5 nitrogen and oxygen atoms in total. The normalized spacial score (nSPS) is 24.6. The summed E-state index contributed by atoms with van der Waals surface area (Å²) in [6, 6.07) is 6.50. The Hall–Kier alpha value is -2.11. The van der Waals surface area contributed by atoms with Gasteiger partial charge in [-0.2, -0.15) is 0 Å². The van der Waals surface area contributed by atoms with Crippen molar-refractivity contribution in [2.24, 2.45) is 0 Å². The molecule has 1 atom stereocenters. The van der Waals surface area contributed by atoms with Gasteiger partial charge in [-0.15, -0.1) is 0 Å². The molecule has 2 saturated heterocycles. The predicted octanol–water partition coefficient (Wildman–Crippen LogP) is 2.41. The van der Waals surface area contributed by atoms with Crippen molar-refractivity contribution < 1.29 is 14.0 Å². The molecule has 0 N–H and O–H groups in total. The maximum atomic E-state index is 13.1. The minimum absolute atomic E-state index is 0.113. The molecule has 0 radical (unpaired) electrons. The van der Waals surface area contributed by atoms with Crippen LogP contribution in [-0.4, -0.2) is 59.9 Å². The van der Waals surface area contributed by atoms with Crippen LogP contribution in [0.2, 0.25) is 0 Å². The van der Waals surface area contributed by atoms with E-state index in [4.69, 9.17) is 0 Å². The molecule has 1 aromatic rings. The number of amides is 2. The second kappa shape index (κ2) is 7.25. The van der Waals surface area contributed by atoms with E-state index in [1.807, 2.05) is 9.80 Å². The third kappa shape index (κ3) is 3.29. The predicted molar refractivity (Wildman–Crippen MR) is 97.3 cm³/mol. The van der Waals surface area contributed by atoms with Crippen LogP contribution in [0.25, 0.3) is 0 Å². The average molecular weight is 359 g/mol. The second-order valence-electron chi connectivity index (χ2n) is 7.58. The number of rotatable bonds is 3. The van der Waals surface area contributed by atoms with E-state index in [1.165, 1.54) is 12.1 Å². The van der Waals surface area contributed by atoms with E-state index in [0.29, 0.717) is 25.9 Å². The summed E-state index contributed by atoms with van der Waals surface area (Å²) in [5, 5.41) is 0. The van der Waals surface area contributed by atoms with E-state index in [9.17, 15) is 14.0 Å². The molecule has 2 heterocycles. The summed E-state index contributed by atoms with van der Waals surface area (Å²) < 4.78 is 13.1. The highest BCUT2D eigenvalue weighted by atomic mass is 19.1. The summed E-state index contributed by atoms with van der Waals surface area (Å²) in [6.45, 7) is 2.78. The first-order chi connectivity index (χ1) is 12.6. The lowest BCUT2D eigenvalue weighted by Crippen LogP contribution is -2.55. The summed E-state index contributed by atoms with van der Waals surface area (Å²) >= 11 is 0. The van der Waals surface area contributed by atoms with E-state index < -0.39 is 0 Å². The molecule has 0 bridgehead atoms. The van der Waals surface area contributed by atoms with Crippen LogP contribution in [0.15, 0.2) is 24.3 Å². The van der Waals surface area contributed by atoms with Gasteiger partial charge in [0, 0.05) is 44.3 Å². The molecule has 3 fully saturated rings.